The van der Waals surface area contributed by atoms with Gasteiger partial charge >= 0.3 is 0 Å². The highest BCUT2D eigenvalue weighted by Crippen LogP contribution is 2.18. The summed E-state index contributed by atoms with van der Waals surface area (Å²) in [7, 11) is -3.71. The zero-order valence-electron chi connectivity index (χ0n) is 16.9. The van der Waals surface area contributed by atoms with Crippen molar-refractivity contribution in [1.82, 2.24) is 24.9 Å². The van der Waals surface area contributed by atoms with Crippen molar-refractivity contribution in [2.75, 3.05) is 26.3 Å². The summed E-state index contributed by atoms with van der Waals surface area (Å²) in [6, 6.07) is 7.62. The van der Waals surface area contributed by atoms with Gasteiger partial charge in [0.15, 0.2) is 0 Å². The molecular weight excluding hydrogens is 410 g/mol. The van der Waals surface area contributed by atoms with Gasteiger partial charge in [0.05, 0.1) is 30.3 Å². The topological polar surface area (TPSA) is 123 Å². The Bertz CT molecular complexity index is 1030. The van der Waals surface area contributed by atoms with Crippen LogP contribution in [0.1, 0.15) is 28.2 Å². The van der Waals surface area contributed by atoms with Crippen molar-refractivity contribution in [2.45, 2.75) is 31.7 Å². The summed E-state index contributed by atoms with van der Waals surface area (Å²) in [4.78, 5) is 24.4. The molecule has 1 aliphatic rings. The Morgan fingerprint density at radius 3 is 2.53 bits per heavy atom. The maximum atomic E-state index is 12.7. The number of hydrogen-bond donors (Lipinski definition) is 2. The van der Waals surface area contributed by atoms with Gasteiger partial charge in [-0.25, -0.2) is 8.42 Å². The molecule has 1 saturated heterocycles. The number of rotatable bonds is 6. The Morgan fingerprint density at radius 2 is 1.87 bits per heavy atom. The van der Waals surface area contributed by atoms with Crippen LogP contribution >= 0.6 is 0 Å². The van der Waals surface area contributed by atoms with E-state index in [0.29, 0.717) is 19.8 Å². The van der Waals surface area contributed by atoms with E-state index in [0.717, 1.165) is 11.4 Å². The molecule has 0 atom stereocenters. The summed E-state index contributed by atoms with van der Waals surface area (Å²) >= 11 is 0. The molecular formula is C19H25N5O5S. The fourth-order valence-corrected chi connectivity index (χ4v) is 4.56. The summed E-state index contributed by atoms with van der Waals surface area (Å²) < 4.78 is 33.7. The van der Waals surface area contributed by atoms with Gasteiger partial charge in [0.2, 0.25) is 15.9 Å². The van der Waals surface area contributed by atoms with Crippen LogP contribution in [0.25, 0.3) is 0 Å². The molecule has 3 rings (SSSR count). The molecule has 0 bridgehead atoms. The van der Waals surface area contributed by atoms with Crippen LogP contribution in [0.2, 0.25) is 0 Å². The second-order valence-corrected chi connectivity index (χ2v) is 8.88. The molecule has 1 aromatic heterocycles. The Balaban J connectivity index is 1.57. The third kappa shape index (κ3) is 5.23. The number of aryl methyl sites for hydroxylation is 3. The Hall–Kier alpha value is -2.76. The average Bonchev–Trinajstić information content (AvgIpc) is 3.08. The molecule has 1 aliphatic heterocycles. The van der Waals surface area contributed by atoms with Crippen LogP contribution in [0.4, 0.5) is 0 Å². The quantitative estimate of drug-likeness (QED) is 0.632. The molecule has 30 heavy (non-hydrogen) atoms. The lowest BCUT2D eigenvalue weighted by molar-refractivity contribution is -0.122. The third-order valence-corrected chi connectivity index (χ3v) is 6.57. The largest absolute Gasteiger partial charge is 0.379 e. The molecule has 1 aromatic carbocycles. The maximum Gasteiger partial charge on any atom is 0.269 e. The van der Waals surface area contributed by atoms with Crippen LogP contribution in [0.5, 0.6) is 0 Å². The second-order valence-electron chi connectivity index (χ2n) is 6.95. The molecule has 2 heterocycles. The molecule has 0 aliphatic carbocycles. The van der Waals surface area contributed by atoms with Gasteiger partial charge in [-0.05, 0) is 38.1 Å². The summed E-state index contributed by atoms with van der Waals surface area (Å²) in [6.45, 7) is 5.36. The summed E-state index contributed by atoms with van der Waals surface area (Å²) in [5, 5.41) is 4.28. The van der Waals surface area contributed by atoms with Crippen LogP contribution in [0.3, 0.4) is 0 Å². The van der Waals surface area contributed by atoms with Gasteiger partial charge in [0, 0.05) is 30.8 Å². The Labute approximate surface area is 175 Å². The zero-order valence-corrected chi connectivity index (χ0v) is 17.7. The molecule has 2 N–H and O–H groups in total. The fraction of sp³-hybridized carbons (Fsp3) is 0.421. The van der Waals surface area contributed by atoms with Gasteiger partial charge in [-0.15, -0.1) is 0 Å². The van der Waals surface area contributed by atoms with Gasteiger partial charge in [-0.2, -0.15) is 9.40 Å². The lowest BCUT2D eigenvalue weighted by Crippen LogP contribution is -2.42. The monoisotopic (exact) mass is 435 g/mol. The molecule has 1 fully saturated rings. The second kappa shape index (κ2) is 9.37. The highest BCUT2D eigenvalue weighted by Gasteiger charge is 2.26. The van der Waals surface area contributed by atoms with E-state index < -0.39 is 15.9 Å². The fourth-order valence-electron chi connectivity index (χ4n) is 3.10. The molecule has 0 radical (unpaired) electrons. The van der Waals surface area contributed by atoms with Gasteiger partial charge < -0.3 is 4.74 Å². The number of hydrogen-bond acceptors (Lipinski definition) is 6. The van der Waals surface area contributed by atoms with Crippen molar-refractivity contribution in [1.29, 1.82) is 0 Å². The van der Waals surface area contributed by atoms with Crippen molar-refractivity contribution >= 4 is 21.8 Å². The number of benzene rings is 1. The standard InChI is InChI=1S/C19H25N5O5S/c1-14-12-15(2)24(22-14)7-6-18(25)20-21-19(26)16-4-3-5-17(13-16)30(27,28)23-8-10-29-11-9-23/h3-5,12-13H,6-11H2,1-2H3,(H,20,25)(H,21,26). The Kier molecular flexibility index (Phi) is 6.85. The van der Waals surface area contributed by atoms with Crippen LogP contribution in [-0.2, 0) is 26.1 Å². The first kappa shape index (κ1) is 21.9. The molecule has 0 unspecified atom stereocenters. The Morgan fingerprint density at radius 1 is 1.13 bits per heavy atom. The number of carbonyl (C=O) groups excluding carboxylic acids is 2. The molecule has 0 spiro atoms. The van der Waals surface area contributed by atoms with Gasteiger partial charge in [-0.3, -0.25) is 25.1 Å². The van der Waals surface area contributed by atoms with Crippen LogP contribution in [-0.4, -0.2) is 60.6 Å². The lowest BCUT2D eigenvalue weighted by atomic mass is 10.2. The number of nitrogens with zero attached hydrogens (tertiary/aromatic N) is 3. The van der Waals surface area contributed by atoms with Crippen molar-refractivity contribution in [2.24, 2.45) is 0 Å². The van der Waals surface area contributed by atoms with Crippen molar-refractivity contribution in [3.8, 4) is 0 Å². The number of nitrogens with one attached hydrogen (secondary N) is 2. The smallest absolute Gasteiger partial charge is 0.269 e. The van der Waals surface area contributed by atoms with Gasteiger partial charge in [-0.1, -0.05) is 6.07 Å². The lowest BCUT2D eigenvalue weighted by Gasteiger charge is -2.26. The van der Waals surface area contributed by atoms with E-state index in [9.17, 15) is 18.0 Å². The molecule has 11 heteroatoms. The minimum Gasteiger partial charge on any atom is -0.379 e. The highest BCUT2D eigenvalue weighted by atomic mass is 32.2. The summed E-state index contributed by atoms with van der Waals surface area (Å²) in [5.41, 5.74) is 6.60. The van der Waals surface area contributed by atoms with E-state index >= 15 is 0 Å². The van der Waals surface area contributed by atoms with E-state index in [1.807, 2.05) is 19.9 Å². The molecule has 2 aromatic rings. The number of amides is 2. The number of hydrazine groups is 1. The maximum absolute atomic E-state index is 12.7. The molecule has 10 nitrogen and oxygen atoms in total. The highest BCUT2D eigenvalue weighted by molar-refractivity contribution is 7.89. The summed E-state index contributed by atoms with van der Waals surface area (Å²) in [6.07, 6.45) is 0.133. The molecule has 2 amide bonds. The first-order chi connectivity index (χ1) is 14.3. The number of morpholine rings is 1. The average molecular weight is 436 g/mol. The van der Waals surface area contributed by atoms with Crippen LogP contribution < -0.4 is 10.9 Å². The van der Waals surface area contributed by atoms with Crippen LogP contribution in [0, 0.1) is 13.8 Å². The first-order valence-electron chi connectivity index (χ1n) is 9.55. The third-order valence-electron chi connectivity index (χ3n) is 4.67. The van der Waals surface area contributed by atoms with Crippen molar-refractivity contribution in [3.63, 3.8) is 0 Å². The van der Waals surface area contributed by atoms with E-state index in [1.54, 1.807) is 4.68 Å². The molecule has 162 valence electrons. The minimum absolute atomic E-state index is 0.0212. The van der Waals surface area contributed by atoms with Gasteiger partial charge in [0.25, 0.3) is 5.91 Å². The number of aromatic nitrogens is 2. The predicted octanol–water partition coefficient (Wildman–Crippen LogP) is 0.372. The SMILES string of the molecule is Cc1cc(C)n(CCC(=O)NNC(=O)c2cccc(S(=O)(=O)N3CCOCC3)c2)n1. The first-order valence-corrected chi connectivity index (χ1v) is 11.0. The number of sulfonamides is 1. The summed E-state index contributed by atoms with van der Waals surface area (Å²) in [5.74, 6) is -0.985. The van der Waals surface area contributed by atoms with E-state index in [2.05, 4.69) is 16.0 Å². The number of carbonyl (C=O) groups is 2. The normalized spacial score (nSPS) is 15.0. The number of ether oxygens (including phenoxy) is 1. The van der Waals surface area contributed by atoms with E-state index in [1.165, 1.54) is 28.6 Å². The van der Waals surface area contributed by atoms with Crippen molar-refractivity contribution in [3.05, 3.63) is 47.3 Å². The minimum atomic E-state index is -3.71. The zero-order chi connectivity index (χ0) is 21.7. The molecule has 0 saturated carbocycles. The van der Waals surface area contributed by atoms with E-state index in [-0.39, 0.29) is 35.9 Å². The van der Waals surface area contributed by atoms with Gasteiger partial charge in [0.1, 0.15) is 0 Å². The van der Waals surface area contributed by atoms with Crippen LogP contribution in [0.15, 0.2) is 35.2 Å². The predicted molar refractivity (Wildman–Crippen MR) is 108 cm³/mol. The van der Waals surface area contributed by atoms with E-state index in [4.69, 9.17) is 4.74 Å². The van der Waals surface area contributed by atoms with Crippen molar-refractivity contribution < 1.29 is 22.7 Å².